The average Bonchev–Trinajstić information content (AvgIpc) is 3.09. The Labute approximate surface area is 165 Å². The number of H-pyrrole nitrogens is 2. The largest absolute Gasteiger partial charge is 0.493 e. The number of likely N-dealkylation sites (tertiary alicyclic amines) is 1. The maximum atomic E-state index is 11.4. The Morgan fingerprint density at radius 1 is 1.31 bits per heavy atom. The van der Waals surface area contributed by atoms with Gasteiger partial charge in [0.1, 0.15) is 5.69 Å². The lowest BCUT2D eigenvalue weighted by molar-refractivity contribution is 0.409. The van der Waals surface area contributed by atoms with Crippen LogP contribution in [0.5, 0.6) is 5.88 Å². The van der Waals surface area contributed by atoms with E-state index in [0.29, 0.717) is 28.5 Å². The predicted octanol–water partition coefficient (Wildman–Crippen LogP) is -1.40. The van der Waals surface area contributed by atoms with Gasteiger partial charge in [-0.2, -0.15) is 19.6 Å². The minimum Gasteiger partial charge on any atom is -0.493 e. The molecule has 0 radical (unpaired) electrons. The fraction of sp³-hybridized carbons (Fsp3) is 0.500. The van der Waals surface area contributed by atoms with Crippen LogP contribution in [0.15, 0.2) is 16.0 Å². The summed E-state index contributed by atoms with van der Waals surface area (Å²) in [5.41, 5.74) is 0.901. The quantitative estimate of drug-likeness (QED) is 0.493. The number of aromatic hydroxyl groups is 1. The molecule has 29 heavy (non-hydrogen) atoms. The lowest BCUT2D eigenvalue weighted by atomic mass is 10.2. The summed E-state index contributed by atoms with van der Waals surface area (Å²) in [6.45, 7) is 2.00. The van der Waals surface area contributed by atoms with Crippen molar-refractivity contribution in [2.24, 2.45) is 4.99 Å². The Morgan fingerprint density at radius 3 is 2.79 bits per heavy atom. The number of aromatic nitrogens is 6. The third-order valence-electron chi connectivity index (χ3n) is 5.48. The summed E-state index contributed by atoms with van der Waals surface area (Å²) in [5, 5.41) is 14.9. The fourth-order valence-corrected chi connectivity index (χ4v) is 3.62. The number of nitrogens with zero attached hydrogens (tertiary/aromatic N) is 7. The molecule has 11 nitrogen and oxygen atoms in total. The van der Waals surface area contributed by atoms with E-state index < -0.39 is 5.69 Å². The van der Waals surface area contributed by atoms with Crippen molar-refractivity contribution in [1.29, 1.82) is 0 Å². The van der Waals surface area contributed by atoms with Gasteiger partial charge in [-0.25, -0.2) is 9.79 Å². The second kappa shape index (κ2) is 6.69. The SMILES string of the molecule is CN1CCC(N(C)c2nc(=NC3CC3)n3nc/c(=C/c4[nH]c(=O)[nH]c4O)c3n2)C1. The zero-order valence-corrected chi connectivity index (χ0v) is 16.3. The van der Waals surface area contributed by atoms with Gasteiger partial charge in [0.05, 0.1) is 12.2 Å². The van der Waals surface area contributed by atoms with E-state index in [-0.39, 0.29) is 17.6 Å². The molecule has 11 heteroatoms. The Bertz CT molecular complexity index is 1240. The number of nitrogens with one attached hydrogen (secondary N) is 2. The van der Waals surface area contributed by atoms with Gasteiger partial charge in [0.25, 0.3) is 5.62 Å². The number of aromatic amines is 2. The van der Waals surface area contributed by atoms with Crippen LogP contribution in [0.25, 0.3) is 11.7 Å². The van der Waals surface area contributed by atoms with Gasteiger partial charge in [-0.15, -0.1) is 0 Å². The van der Waals surface area contributed by atoms with Gasteiger partial charge in [0.15, 0.2) is 5.65 Å². The van der Waals surface area contributed by atoms with E-state index in [1.54, 1.807) is 16.8 Å². The average molecular weight is 397 g/mol. The number of hydrogen-bond donors (Lipinski definition) is 3. The van der Waals surface area contributed by atoms with Crippen molar-refractivity contribution in [2.45, 2.75) is 31.3 Å². The molecule has 1 aliphatic carbocycles. The molecule has 2 aliphatic rings. The zero-order chi connectivity index (χ0) is 20.1. The van der Waals surface area contributed by atoms with Gasteiger partial charge in [0.2, 0.25) is 11.8 Å². The molecule has 1 atom stereocenters. The highest BCUT2D eigenvalue weighted by atomic mass is 16.3. The van der Waals surface area contributed by atoms with Crippen LogP contribution in [0.2, 0.25) is 0 Å². The molecule has 0 amide bonds. The van der Waals surface area contributed by atoms with E-state index in [4.69, 9.17) is 15.0 Å². The van der Waals surface area contributed by atoms with Crippen LogP contribution in [0, 0.1) is 0 Å². The van der Waals surface area contributed by atoms with Crippen molar-refractivity contribution in [3.8, 4) is 5.88 Å². The van der Waals surface area contributed by atoms with Crippen molar-refractivity contribution >= 4 is 17.7 Å². The number of imidazole rings is 1. The van der Waals surface area contributed by atoms with Crippen molar-refractivity contribution in [2.75, 3.05) is 32.1 Å². The van der Waals surface area contributed by atoms with Gasteiger partial charge in [-0.1, -0.05) is 0 Å². The summed E-state index contributed by atoms with van der Waals surface area (Å²) in [5.74, 6) is 0.372. The van der Waals surface area contributed by atoms with Crippen LogP contribution >= 0.6 is 0 Å². The lowest BCUT2D eigenvalue weighted by Gasteiger charge is -2.24. The van der Waals surface area contributed by atoms with E-state index >= 15 is 0 Å². The Hall–Kier alpha value is -3.21. The van der Waals surface area contributed by atoms with Gasteiger partial charge in [0, 0.05) is 24.9 Å². The number of fused-ring (bicyclic) bond motifs is 1. The molecule has 5 rings (SSSR count). The number of likely N-dealkylation sites (N-methyl/N-ethyl adjacent to an activating group) is 2. The molecule has 4 heterocycles. The summed E-state index contributed by atoms with van der Waals surface area (Å²) >= 11 is 0. The first-order valence-corrected chi connectivity index (χ1v) is 9.72. The maximum absolute atomic E-state index is 11.4. The predicted molar refractivity (Wildman–Crippen MR) is 106 cm³/mol. The molecule has 3 N–H and O–H groups in total. The van der Waals surface area contributed by atoms with Crippen LogP contribution in [0.3, 0.4) is 0 Å². The smallest absolute Gasteiger partial charge is 0.326 e. The first kappa shape index (κ1) is 17.9. The maximum Gasteiger partial charge on any atom is 0.326 e. The molecule has 3 aromatic rings. The number of hydrogen-bond acceptors (Lipinski definition) is 8. The van der Waals surface area contributed by atoms with E-state index in [1.165, 1.54) is 0 Å². The van der Waals surface area contributed by atoms with E-state index in [1.807, 2.05) is 7.05 Å². The second-order valence-corrected chi connectivity index (χ2v) is 7.82. The summed E-state index contributed by atoms with van der Waals surface area (Å²) < 4.78 is 1.62. The molecule has 1 saturated heterocycles. The standard InChI is InChI=1S/C18H23N9O2/c1-25-6-5-12(9-25)26(2)16-22-14-10(7-13-15(28)23-18(29)21-13)8-19-27(14)17(24-16)20-11-3-4-11/h7-8,11-12,28H,3-6,9H2,1-2H3,(H2,21,23,29)/b10-7-,20-17?. The normalized spacial score (nSPS) is 21.5. The number of rotatable bonds is 4. The topological polar surface area (TPSA) is 131 Å². The molecule has 1 aliphatic heterocycles. The van der Waals surface area contributed by atoms with Crippen molar-refractivity contribution in [3.63, 3.8) is 0 Å². The van der Waals surface area contributed by atoms with Crippen LogP contribution in [-0.2, 0) is 0 Å². The molecule has 1 unspecified atom stereocenters. The highest BCUT2D eigenvalue weighted by Crippen LogP contribution is 2.22. The fourth-order valence-electron chi connectivity index (χ4n) is 3.62. The lowest BCUT2D eigenvalue weighted by Crippen LogP contribution is -2.37. The first-order chi connectivity index (χ1) is 14.0. The summed E-state index contributed by atoms with van der Waals surface area (Å²) in [4.78, 5) is 34.8. The molecular weight excluding hydrogens is 374 g/mol. The molecule has 1 saturated carbocycles. The van der Waals surface area contributed by atoms with Crippen LogP contribution in [-0.4, -0.2) is 78.8 Å². The molecular formula is C18H23N9O2. The third kappa shape index (κ3) is 3.37. The molecule has 0 bridgehead atoms. The van der Waals surface area contributed by atoms with Crippen molar-refractivity contribution in [3.05, 3.63) is 33.2 Å². The summed E-state index contributed by atoms with van der Waals surface area (Å²) in [6, 6.07) is 0.613. The van der Waals surface area contributed by atoms with Gasteiger partial charge >= 0.3 is 5.69 Å². The molecule has 152 valence electrons. The Morgan fingerprint density at radius 2 is 2.14 bits per heavy atom. The van der Waals surface area contributed by atoms with Gasteiger partial charge in [-0.05, 0) is 38.9 Å². The van der Waals surface area contributed by atoms with E-state index in [0.717, 1.165) is 32.4 Å². The molecule has 3 aromatic heterocycles. The van der Waals surface area contributed by atoms with E-state index in [9.17, 15) is 9.90 Å². The highest BCUT2D eigenvalue weighted by Gasteiger charge is 2.26. The van der Waals surface area contributed by atoms with Gasteiger partial charge < -0.3 is 19.9 Å². The zero-order valence-electron chi connectivity index (χ0n) is 16.3. The Kier molecular flexibility index (Phi) is 4.12. The van der Waals surface area contributed by atoms with Crippen molar-refractivity contribution < 1.29 is 5.11 Å². The van der Waals surface area contributed by atoms with Crippen molar-refractivity contribution in [1.82, 2.24) is 34.4 Å². The minimum atomic E-state index is -0.477. The molecule has 2 fully saturated rings. The summed E-state index contributed by atoms with van der Waals surface area (Å²) in [6.07, 6.45) is 6.43. The third-order valence-corrected chi connectivity index (χ3v) is 5.48. The highest BCUT2D eigenvalue weighted by molar-refractivity contribution is 5.57. The minimum absolute atomic E-state index is 0.224. The Balaban J connectivity index is 1.67. The van der Waals surface area contributed by atoms with Crippen LogP contribution in [0.4, 0.5) is 5.95 Å². The molecule has 0 spiro atoms. The molecule has 0 aromatic carbocycles. The summed E-state index contributed by atoms with van der Waals surface area (Å²) in [7, 11) is 4.12. The van der Waals surface area contributed by atoms with Gasteiger partial charge in [-0.3, -0.25) is 4.98 Å². The first-order valence-electron chi connectivity index (χ1n) is 9.72. The van der Waals surface area contributed by atoms with Crippen LogP contribution in [0.1, 0.15) is 25.0 Å². The van der Waals surface area contributed by atoms with E-state index in [2.05, 4.69) is 31.9 Å². The number of anilines is 1. The monoisotopic (exact) mass is 397 g/mol. The second-order valence-electron chi connectivity index (χ2n) is 7.82. The van der Waals surface area contributed by atoms with Crippen LogP contribution < -0.4 is 21.4 Å².